The molecule has 1 saturated heterocycles. The van der Waals surface area contributed by atoms with E-state index in [4.69, 9.17) is 14.2 Å². The number of carbonyl (C=O) groups excluding carboxylic acids is 2. The Labute approximate surface area is 156 Å². The van der Waals surface area contributed by atoms with Crippen molar-refractivity contribution in [3.63, 3.8) is 0 Å². The maximum atomic E-state index is 12.1. The maximum Gasteiger partial charge on any atom is 0.262 e. The predicted molar refractivity (Wildman–Crippen MR) is 99.6 cm³/mol. The summed E-state index contributed by atoms with van der Waals surface area (Å²) in [6, 6.07) is 12.4. The summed E-state index contributed by atoms with van der Waals surface area (Å²) in [7, 11) is 0. The zero-order chi connectivity index (χ0) is 18.6. The maximum absolute atomic E-state index is 12.1. The SMILES string of the molecule is O=C(COc1ccc(N2CCCC2=O)cc1)Nc1ccc2c(c1)OCCO2. The van der Waals surface area contributed by atoms with E-state index in [1.807, 2.05) is 12.1 Å². The third-order valence-electron chi connectivity index (χ3n) is 4.42. The van der Waals surface area contributed by atoms with Crippen LogP contribution in [0.3, 0.4) is 0 Å². The Hall–Kier alpha value is -3.22. The second-order valence-corrected chi connectivity index (χ2v) is 6.34. The van der Waals surface area contributed by atoms with Gasteiger partial charge in [-0.2, -0.15) is 0 Å². The van der Waals surface area contributed by atoms with E-state index in [1.165, 1.54) is 0 Å². The van der Waals surface area contributed by atoms with Crippen molar-refractivity contribution in [2.24, 2.45) is 0 Å². The number of anilines is 2. The molecule has 7 nitrogen and oxygen atoms in total. The van der Waals surface area contributed by atoms with Crippen LogP contribution in [-0.2, 0) is 9.59 Å². The van der Waals surface area contributed by atoms with Crippen LogP contribution < -0.4 is 24.4 Å². The average molecular weight is 368 g/mol. The van der Waals surface area contributed by atoms with Crippen LogP contribution in [0, 0.1) is 0 Å². The smallest absolute Gasteiger partial charge is 0.262 e. The van der Waals surface area contributed by atoms with Gasteiger partial charge < -0.3 is 24.4 Å². The van der Waals surface area contributed by atoms with Gasteiger partial charge in [-0.1, -0.05) is 0 Å². The molecular formula is C20H20N2O5. The minimum absolute atomic E-state index is 0.115. The second-order valence-electron chi connectivity index (χ2n) is 6.34. The average Bonchev–Trinajstić information content (AvgIpc) is 3.12. The Morgan fingerprint density at radius 3 is 2.59 bits per heavy atom. The number of nitrogens with one attached hydrogen (secondary N) is 1. The lowest BCUT2D eigenvalue weighted by atomic mass is 10.2. The van der Waals surface area contributed by atoms with E-state index < -0.39 is 0 Å². The summed E-state index contributed by atoms with van der Waals surface area (Å²) in [5, 5.41) is 2.77. The fourth-order valence-electron chi connectivity index (χ4n) is 3.11. The molecule has 2 aliphatic rings. The molecule has 1 fully saturated rings. The van der Waals surface area contributed by atoms with Gasteiger partial charge >= 0.3 is 0 Å². The lowest BCUT2D eigenvalue weighted by molar-refractivity contribution is -0.118. The molecule has 0 saturated carbocycles. The van der Waals surface area contributed by atoms with Gasteiger partial charge in [-0.05, 0) is 42.8 Å². The molecule has 0 radical (unpaired) electrons. The van der Waals surface area contributed by atoms with Gasteiger partial charge in [0, 0.05) is 30.4 Å². The van der Waals surface area contributed by atoms with Crippen LogP contribution in [0.15, 0.2) is 42.5 Å². The highest BCUT2D eigenvalue weighted by atomic mass is 16.6. The Balaban J connectivity index is 1.31. The molecule has 0 spiro atoms. The zero-order valence-corrected chi connectivity index (χ0v) is 14.8. The molecule has 0 bridgehead atoms. The van der Waals surface area contributed by atoms with E-state index in [0.717, 1.165) is 18.7 Å². The third-order valence-corrected chi connectivity index (χ3v) is 4.42. The number of rotatable bonds is 5. The first-order chi connectivity index (χ1) is 13.2. The summed E-state index contributed by atoms with van der Waals surface area (Å²) in [5.74, 6) is 1.73. The number of fused-ring (bicyclic) bond motifs is 1. The van der Waals surface area contributed by atoms with Crippen molar-refractivity contribution < 1.29 is 23.8 Å². The van der Waals surface area contributed by atoms with Gasteiger partial charge in [0.1, 0.15) is 19.0 Å². The van der Waals surface area contributed by atoms with Crippen LogP contribution in [0.1, 0.15) is 12.8 Å². The Morgan fingerprint density at radius 2 is 1.85 bits per heavy atom. The molecule has 4 rings (SSSR count). The lowest BCUT2D eigenvalue weighted by Crippen LogP contribution is -2.23. The van der Waals surface area contributed by atoms with Gasteiger partial charge in [-0.3, -0.25) is 9.59 Å². The van der Waals surface area contributed by atoms with Crippen molar-refractivity contribution >= 4 is 23.2 Å². The minimum Gasteiger partial charge on any atom is -0.486 e. The van der Waals surface area contributed by atoms with Crippen LogP contribution >= 0.6 is 0 Å². The molecule has 27 heavy (non-hydrogen) atoms. The van der Waals surface area contributed by atoms with Crippen LogP contribution in [0.5, 0.6) is 17.2 Å². The number of benzene rings is 2. The summed E-state index contributed by atoms with van der Waals surface area (Å²) in [5.41, 5.74) is 1.47. The van der Waals surface area contributed by atoms with Gasteiger partial charge in [-0.25, -0.2) is 0 Å². The number of hydrogen-bond donors (Lipinski definition) is 1. The molecule has 0 aliphatic carbocycles. The van der Waals surface area contributed by atoms with Crippen molar-refractivity contribution in [3.05, 3.63) is 42.5 Å². The van der Waals surface area contributed by atoms with Crippen molar-refractivity contribution in [2.45, 2.75) is 12.8 Å². The number of hydrogen-bond acceptors (Lipinski definition) is 5. The quantitative estimate of drug-likeness (QED) is 0.878. The summed E-state index contributed by atoms with van der Waals surface area (Å²) >= 11 is 0. The first kappa shape index (κ1) is 17.2. The molecule has 0 aromatic heterocycles. The van der Waals surface area contributed by atoms with Crippen LogP contribution in [0.25, 0.3) is 0 Å². The number of ether oxygens (including phenoxy) is 3. The van der Waals surface area contributed by atoms with Crippen molar-refractivity contribution in [1.82, 2.24) is 0 Å². The third kappa shape index (κ3) is 3.97. The highest BCUT2D eigenvalue weighted by molar-refractivity contribution is 5.95. The summed E-state index contributed by atoms with van der Waals surface area (Å²) in [6.07, 6.45) is 1.48. The van der Waals surface area contributed by atoms with E-state index in [1.54, 1.807) is 35.2 Å². The van der Waals surface area contributed by atoms with Crippen molar-refractivity contribution in [3.8, 4) is 17.2 Å². The molecule has 2 aliphatic heterocycles. The number of amides is 2. The Kier molecular flexibility index (Phi) is 4.82. The zero-order valence-electron chi connectivity index (χ0n) is 14.8. The Morgan fingerprint density at radius 1 is 1.07 bits per heavy atom. The normalized spacial score (nSPS) is 15.6. The monoisotopic (exact) mass is 368 g/mol. The molecule has 0 unspecified atom stereocenters. The van der Waals surface area contributed by atoms with Gasteiger partial charge in [-0.15, -0.1) is 0 Å². The molecule has 2 aromatic rings. The molecule has 7 heteroatoms. The van der Waals surface area contributed by atoms with Crippen molar-refractivity contribution in [2.75, 3.05) is 36.6 Å². The molecular weight excluding hydrogens is 348 g/mol. The lowest BCUT2D eigenvalue weighted by Gasteiger charge is -2.19. The largest absolute Gasteiger partial charge is 0.486 e. The van der Waals surface area contributed by atoms with Crippen LogP contribution in [0.2, 0.25) is 0 Å². The first-order valence-corrected chi connectivity index (χ1v) is 8.92. The highest BCUT2D eigenvalue weighted by Gasteiger charge is 2.21. The Bertz CT molecular complexity index is 850. The fourth-order valence-corrected chi connectivity index (χ4v) is 3.11. The molecule has 2 aromatic carbocycles. The molecule has 2 heterocycles. The standard InChI is InChI=1S/C20H20N2O5/c23-19(21-14-3-8-17-18(12-14)26-11-10-25-17)13-27-16-6-4-15(5-7-16)22-9-1-2-20(22)24/h3-8,12H,1-2,9-11,13H2,(H,21,23). The van der Waals surface area contributed by atoms with Crippen LogP contribution in [-0.4, -0.2) is 38.2 Å². The van der Waals surface area contributed by atoms with Gasteiger partial charge in [0.2, 0.25) is 5.91 Å². The summed E-state index contributed by atoms with van der Waals surface area (Å²) in [4.78, 5) is 25.6. The van der Waals surface area contributed by atoms with E-state index in [9.17, 15) is 9.59 Å². The molecule has 140 valence electrons. The molecule has 1 N–H and O–H groups in total. The van der Waals surface area contributed by atoms with E-state index in [2.05, 4.69) is 5.32 Å². The van der Waals surface area contributed by atoms with E-state index in [-0.39, 0.29) is 18.4 Å². The predicted octanol–water partition coefficient (Wildman–Crippen LogP) is 2.60. The fraction of sp³-hybridized carbons (Fsp3) is 0.300. The minimum atomic E-state index is -0.273. The van der Waals surface area contributed by atoms with Crippen LogP contribution in [0.4, 0.5) is 11.4 Å². The van der Waals surface area contributed by atoms with Crippen molar-refractivity contribution in [1.29, 1.82) is 0 Å². The topological polar surface area (TPSA) is 77.1 Å². The van der Waals surface area contributed by atoms with E-state index in [0.29, 0.717) is 42.6 Å². The summed E-state index contributed by atoms with van der Waals surface area (Å²) in [6.45, 7) is 1.65. The van der Waals surface area contributed by atoms with Gasteiger partial charge in [0.15, 0.2) is 18.1 Å². The second kappa shape index (κ2) is 7.57. The number of carbonyl (C=O) groups is 2. The van der Waals surface area contributed by atoms with Gasteiger partial charge in [0.05, 0.1) is 0 Å². The molecule has 0 atom stereocenters. The van der Waals surface area contributed by atoms with E-state index >= 15 is 0 Å². The van der Waals surface area contributed by atoms with Gasteiger partial charge in [0.25, 0.3) is 5.91 Å². The highest BCUT2D eigenvalue weighted by Crippen LogP contribution is 2.32. The first-order valence-electron chi connectivity index (χ1n) is 8.92. The number of nitrogens with zero attached hydrogens (tertiary/aromatic N) is 1. The summed E-state index contributed by atoms with van der Waals surface area (Å²) < 4.78 is 16.5. The molecule has 2 amide bonds.